The van der Waals surface area contributed by atoms with Crippen molar-refractivity contribution < 1.29 is 17.9 Å². The van der Waals surface area contributed by atoms with Gasteiger partial charge in [0.05, 0.1) is 12.9 Å². The zero-order valence-electron chi connectivity index (χ0n) is 15.6. The lowest BCUT2D eigenvalue weighted by molar-refractivity contribution is -0.120. The largest absolute Gasteiger partial charge is 0.497 e. The normalized spacial score (nSPS) is 15.9. The van der Waals surface area contributed by atoms with Gasteiger partial charge in [-0.3, -0.25) is 4.79 Å². The number of rotatable bonds is 6. The van der Waals surface area contributed by atoms with Gasteiger partial charge < -0.3 is 10.1 Å². The van der Waals surface area contributed by atoms with E-state index in [9.17, 15) is 13.2 Å². The number of sulfonamides is 1. The van der Waals surface area contributed by atoms with Crippen LogP contribution in [-0.4, -0.2) is 38.8 Å². The number of amides is 1. The van der Waals surface area contributed by atoms with Crippen LogP contribution < -0.4 is 10.1 Å². The monoisotopic (exact) mass is 422 g/mol. The lowest BCUT2D eigenvalue weighted by Gasteiger charge is -2.30. The molecule has 0 spiro atoms. The Morgan fingerprint density at radius 1 is 1.18 bits per heavy atom. The summed E-state index contributed by atoms with van der Waals surface area (Å²) in [5, 5.41) is 3.40. The van der Waals surface area contributed by atoms with Crippen LogP contribution >= 0.6 is 11.6 Å². The molecule has 0 bridgehead atoms. The van der Waals surface area contributed by atoms with Gasteiger partial charge in [-0.25, -0.2) is 12.7 Å². The minimum Gasteiger partial charge on any atom is -0.497 e. The minimum atomic E-state index is -3.44. The van der Waals surface area contributed by atoms with Crippen LogP contribution in [0.4, 0.5) is 5.69 Å². The van der Waals surface area contributed by atoms with Gasteiger partial charge in [0.1, 0.15) is 5.75 Å². The number of anilines is 1. The van der Waals surface area contributed by atoms with E-state index in [2.05, 4.69) is 5.32 Å². The second-order valence-corrected chi connectivity index (χ2v) is 9.18. The number of nitrogens with zero attached hydrogens (tertiary/aromatic N) is 1. The molecule has 0 atom stereocenters. The highest BCUT2D eigenvalue weighted by Crippen LogP contribution is 2.24. The van der Waals surface area contributed by atoms with E-state index in [4.69, 9.17) is 16.3 Å². The average Bonchev–Trinajstić information content (AvgIpc) is 2.68. The van der Waals surface area contributed by atoms with E-state index >= 15 is 0 Å². The van der Waals surface area contributed by atoms with Crippen molar-refractivity contribution in [2.45, 2.75) is 18.6 Å². The predicted molar refractivity (Wildman–Crippen MR) is 110 cm³/mol. The first-order valence-corrected chi connectivity index (χ1v) is 11.0. The van der Waals surface area contributed by atoms with Crippen molar-refractivity contribution in [2.75, 3.05) is 25.5 Å². The van der Waals surface area contributed by atoms with Crippen molar-refractivity contribution >= 4 is 33.2 Å². The van der Waals surface area contributed by atoms with Gasteiger partial charge in [0.2, 0.25) is 15.9 Å². The van der Waals surface area contributed by atoms with Crippen molar-refractivity contribution in [1.29, 1.82) is 0 Å². The number of piperidine rings is 1. The molecule has 2 aromatic carbocycles. The second-order valence-electron chi connectivity index (χ2n) is 6.78. The quantitative estimate of drug-likeness (QED) is 0.772. The Labute approximate surface area is 170 Å². The summed E-state index contributed by atoms with van der Waals surface area (Å²) in [6, 6.07) is 14.0. The van der Waals surface area contributed by atoms with E-state index in [1.54, 1.807) is 55.6 Å². The van der Waals surface area contributed by atoms with E-state index in [0.29, 0.717) is 42.2 Å². The molecule has 1 saturated heterocycles. The summed E-state index contributed by atoms with van der Waals surface area (Å²) in [5.74, 6) is 0.337. The van der Waals surface area contributed by atoms with Gasteiger partial charge in [-0.15, -0.1) is 0 Å². The Morgan fingerprint density at radius 3 is 2.46 bits per heavy atom. The molecule has 1 amide bonds. The van der Waals surface area contributed by atoms with Crippen LogP contribution in [-0.2, 0) is 20.6 Å². The Morgan fingerprint density at radius 2 is 1.86 bits per heavy atom. The Balaban J connectivity index is 1.54. The fourth-order valence-corrected chi connectivity index (χ4v) is 5.01. The van der Waals surface area contributed by atoms with Gasteiger partial charge >= 0.3 is 0 Å². The third kappa shape index (κ3) is 5.25. The molecule has 0 aromatic heterocycles. The van der Waals surface area contributed by atoms with Gasteiger partial charge in [-0.1, -0.05) is 23.7 Å². The number of ether oxygens (including phenoxy) is 1. The van der Waals surface area contributed by atoms with Crippen LogP contribution in [0.25, 0.3) is 0 Å². The standard InChI is InChI=1S/C20H23ClN2O4S/c1-27-19-7-5-18(6-8-19)22-20(24)16-9-11-23(12-10-16)28(25,26)14-15-3-2-4-17(21)13-15/h2-8,13,16H,9-12,14H2,1H3,(H,22,24). The lowest BCUT2D eigenvalue weighted by Crippen LogP contribution is -2.41. The highest BCUT2D eigenvalue weighted by Gasteiger charge is 2.31. The molecule has 1 N–H and O–H groups in total. The van der Waals surface area contributed by atoms with E-state index < -0.39 is 10.0 Å². The molecule has 2 aromatic rings. The topological polar surface area (TPSA) is 75.7 Å². The summed E-state index contributed by atoms with van der Waals surface area (Å²) in [5.41, 5.74) is 1.36. The van der Waals surface area contributed by atoms with Gasteiger partial charge in [0.15, 0.2) is 0 Å². The molecule has 0 radical (unpaired) electrons. The van der Waals surface area contributed by atoms with Crippen LogP contribution in [0, 0.1) is 5.92 Å². The third-order valence-corrected chi connectivity index (χ3v) is 6.90. The van der Waals surface area contributed by atoms with Gasteiger partial charge in [-0.05, 0) is 54.8 Å². The van der Waals surface area contributed by atoms with Crippen LogP contribution in [0.3, 0.4) is 0 Å². The molecule has 0 unspecified atom stereocenters. The fraction of sp³-hybridized carbons (Fsp3) is 0.350. The van der Waals surface area contributed by atoms with Crippen LogP contribution in [0.1, 0.15) is 18.4 Å². The van der Waals surface area contributed by atoms with E-state index in [-0.39, 0.29) is 17.6 Å². The molecule has 8 heteroatoms. The number of carbonyl (C=O) groups is 1. The summed E-state index contributed by atoms with van der Waals surface area (Å²) in [6.07, 6.45) is 0.994. The van der Waals surface area contributed by atoms with Crippen LogP contribution in [0.5, 0.6) is 5.75 Å². The van der Waals surface area contributed by atoms with Gasteiger partial charge in [0.25, 0.3) is 0 Å². The lowest BCUT2D eigenvalue weighted by atomic mass is 9.97. The SMILES string of the molecule is COc1ccc(NC(=O)C2CCN(S(=O)(=O)Cc3cccc(Cl)c3)CC2)cc1. The maximum atomic E-state index is 12.7. The molecular formula is C20H23ClN2O4S. The van der Waals surface area contributed by atoms with E-state index in [1.165, 1.54) is 4.31 Å². The van der Waals surface area contributed by atoms with Crippen molar-refractivity contribution in [2.24, 2.45) is 5.92 Å². The highest BCUT2D eigenvalue weighted by atomic mass is 35.5. The zero-order chi connectivity index (χ0) is 20.1. The molecule has 0 aliphatic carbocycles. The Kier molecular flexibility index (Phi) is 6.59. The second kappa shape index (κ2) is 8.94. The molecule has 3 rings (SSSR count). The summed E-state index contributed by atoms with van der Waals surface area (Å²) in [7, 11) is -1.85. The highest BCUT2D eigenvalue weighted by molar-refractivity contribution is 7.88. The molecule has 0 saturated carbocycles. The number of hydrogen-bond donors (Lipinski definition) is 1. The van der Waals surface area contributed by atoms with Crippen LogP contribution in [0.2, 0.25) is 5.02 Å². The molecule has 1 aliphatic rings. The molecule has 150 valence electrons. The van der Waals surface area contributed by atoms with Crippen molar-refractivity contribution in [3.05, 3.63) is 59.1 Å². The summed E-state index contributed by atoms with van der Waals surface area (Å²) in [4.78, 5) is 12.5. The fourth-order valence-electron chi connectivity index (χ4n) is 3.24. The number of hydrogen-bond acceptors (Lipinski definition) is 4. The van der Waals surface area contributed by atoms with Crippen molar-refractivity contribution in [1.82, 2.24) is 4.31 Å². The molecule has 6 nitrogen and oxygen atoms in total. The first-order valence-electron chi connectivity index (χ1n) is 9.04. The number of benzene rings is 2. The van der Waals surface area contributed by atoms with E-state index in [1.807, 2.05) is 0 Å². The first kappa shape index (κ1) is 20.6. The summed E-state index contributed by atoms with van der Waals surface area (Å²) in [6.45, 7) is 0.674. The summed E-state index contributed by atoms with van der Waals surface area (Å²) >= 11 is 5.94. The Bertz CT molecular complexity index is 923. The van der Waals surface area contributed by atoms with Crippen molar-refractivity contribution in [3.63, 3.8) is 0 Å². The summed E-state index contributed by atoms with van der Waals surface area (Å²) < 4.78 is 31.9. The van der Waals surface area contributed by atoms with Crippen molar-refractivity contribution in [3.8, 4) is 5.75 Å². The van der Waals surface area contributed by atoms with Gasteiger partial charge in [0, 0.05) is 29.7 Å². The van der Waals surface area contributed by atoms with Crippen LogP contribution in [0.15, 0.2) is 48.5 Å². The molecule has 28 heavy (non-hydrogen) atoms. The third-order valence-electron chi connectivity index (χ3n) is 4.81. The average molecular weight is 423 g/mol. The maximum absolute atomic E-state index is 12.7. The first-order chi connectivity index (χ1) is 13.4. The molecule has 1 heterocycles. The molecule has 1 fully saturated rings. The van der Waals surface area contributed by atoms with Gasteiger partial charge in [-0.2, -0.15) is 0 Å². The number of halogens is 1. The number of methoxy groups -OCH3 is 1. The Hall–Kier alpha value is -2.09. The van der Waals surface area contributed by atoms with E-state index in [0.717, 1.165) is 5.75 Å². The molecule has 1 aliphatic heterocycles. The minimum absolute atomic E-state index is 0.0861. The molecular weight excluding hydrogens is 400 g/mol. The zero-order valence-corrected chi connectivity index (χ0v) is 17.2. The maximum Gasteiger partial charge on any atom is 0.227 e. The number of nitrogens with one attached hydrogen (secondary N) is 1. The smallest absolute Gasteiger partial charge is 0.227 e. The predicted octanol–water partition coefficient (Wildman–Crippen LogP) is 3.53. The number of carbonyl (C=O) groups excluding carboxylic acids is 1.